The molecule has 0 spiro atoms. The Labute approximate surface area is 144 Å². The first-order valence-electron chi connectivity index (χ1n) is 7.36. The molecule has 0 saturated carbocycles. The van der Waals surface area contributed by atoms with Crippen molar-refractivity contribution >= 4 is 40.8 Å². The van der Waals surface area contributed by atoms with Gasteiger partial charge in [0.05, 0.1) is 10.0 Å². The summed E-state index contributed by atoms with van der Waals surface area (Å²) in [5, 5.41) is 12.3. The van der Waals surface area contributed by atoms with Crippen LogP contribution in [0.2, 0.25) is 10.0 Å². The third-order valence-electron chi connectivity index (χ3n) is 3.63. The molecule has 0 atom stereocenters. The van der Waals surface area contributed by atoms with Gasteiger partial charge in [0.25, 0.3) is 0 Å². The van der Waals surface area contributed by atoms with E-state index in [1.807, 2.05) is 18.2 Å². The van der Waals surface area contributed by atoms with Gasteiger partial charge in [0.2, 0.25) is 0 Å². The highest BCUT2D eigenvalue weighted by molar-refractivity contribution is 6.42. The summed E-state index contributed by atoms with van der Waals surface area (Å²) in [6, 6.07) is 5.35. The van der Waals surface area contributed by atoms with Crippen molar-refractivity contribution in [1.82, 2.24) is 10.2 Å². The van der Waals surface area contributed by atoms with E-state index in [4.69, 9.17) is 28.3 Å². The van der Waals surface area contributed by atoms with Crippen LogP contribution in [0.1, 0.15) is 24.8 Å². The summed E-state index contributed by atoms with van der Waals surface area (Å²) < 4.78 is 0. The van der Waals surface area contributed by atoms with Gasteiger partial charge in [0, 0.05) is 26.1 Å². The SMILES string of the molecule is O=C(O)CCCNC(=O)N1CC=C(c2ccc(Cl)c(Cl)c2)CC1. The molecular formula is C16H18Cl2N2O3. The first kappa shape index (κ1) is 17.6. The highest BCUT2D eigenvalue weighted by Crippen LogP contribution is 2.29. The molecule has 2 N–H and O–H groups in total. The second kappa shape index (κ2) is 8.22. The Morgan fingerprint density at radius 1 is 1.26 bits per heavy atom. The highest BCUT2D eigenvalue weighted by Gasteiger charge is 2.18. The molecule has 0 aromatic heterocycles. The van der Waals surface area contributed by atoms with Gasteiger partial charge in [-0.15, -0.1) is 0 Å². The average Bonchev–Trinajstić information content (AvgIpc) is 2.54. The third-order valence-corrected chi connectivity index (χ3v) is 4.37. The van der Waals surface area contributed by atoms with Crippen LogP contribution >= 0.6 is 23.2 Å². The fourth-order valence-electron chi connectivity index (χ4n) is 2.36. The Balaban J connectivity index is 1.86. The molecule has 0 fully saturated rings. The molecule has 7 heteroatoms. The lowest BCUT2D eigenvalue weighted by Crippen LogP contribution is -2.42. The number of benzene rings is 1. The number of nitrogens with one attached hydrogen (secondary N) is 1. The van der Waals surface area contributed by atoms with Crippen LogP contribution in [0.15, 0.2) is 24.3 Å². The monoisotopic (exact) mass is 356 g/mol. The molecule has 23 heavy (non-hydrogen) atoms. The maximum absolute atomic E-state index is 12.0. The standard InChI is InChI=1S/C16H18Cl2N2O3/c17-13-4-3-12(10-14(13)18)11-5-8-20(9-6-11)16(23)19-7-1-2-15(21)22/h3-5,10H,1-2,6-9H2,(H,19,23)(H,21,22). The minimum Gasteiger partial charge on any atom is -0.481 e. The number of nitrogens with zero attached hydrogens (tertiary/aromatic N) is 1. The van der Waals surface area contributed by atoms with E-state index in [1.54, 1.807) is 11.0 Å². The van der Waals surface area contributed by atoms with Crippen LogP contribution in [-0.4, -0.2) is 41.6 Å². The molecule has 1 aromatic rings. The van der Waals surface area contributed by atoms with Crippen molar-refractivity contribution in [2.45, 2.75) is 19.3 Å². The van der Waals surface area contributed by atoms with Crippen molar-refractivity contribution in [3.63, 3.8) is 0 Å². The molecule has 1 aliphatic rings. The minimum atomic E-state index is -0.855. The number of carboxylic acid groups (broad SMARTS) is 1. The van der Waals surface area contributed by atoms with Crippen LogP contribution in [0.3, 0.4) is 0 Å². The quantitative estimate of drug-likeness (QED) is 0.791. The van der Waals surface area contributed by atoms with E-state index >= 15 is 0 Å². The molecule has 2 amide bonds. The maximum atomic E-state index is 12.0. The maximum Gasteiger partial charge on any atom is 0.317 e. The van der Waals surface area contributed by atoms with Crippen molar-refractivity contribution in [1.29, 1.82) is 0 Å². The van der Waals surface area contributed by atoms with E-state index in [0.717, 1.165) is 17.6 Å². The van der Waals surface area contributed by atoms with Gasteiger partial charge in [0.15, 0.2) is 0 Å². The van der Waals surface area contributed by atoms with Crippen LogP contribution in [0, 0.1) is 0 Å². The summed E-state index contributed by atoms with van der Waals surface area (Å²) in [7, 11) is 0. The summed E-state index contributed by atoms with van der Waals surface area (Å²) >= 11 is 11.9. The van der Waals surface area contributed by atoms with Gasteiger partial charge in [0.1, 0.15) is 0 Å². The number of rotatable bonds is 5. The molecule has 0 bridgehead atoms. The number of carboxylic acids is 1. The van der Waals surface area contributed by atoms with Gasteiger partial charge in [-0.05, 0) is 36.1 Å². The van der Waals surface area contributed by atoms with E-state index in [1.165, 1.54) is 0 Å². The van der Waals surface area contributed by atoms with Gasteiger partial charge >= 0.3 is 12.0 Å². The topological polar surface area (TPSA) is 69.6 Å². The molecule has 0 aliphatic carbocycles. The Kier molecular flexibility index (Phi) is 6.30. The Morgan fingerprint density at radius 2 is 2.04 bits per heavy atom. The van der Waals surface area contributed by atoms with E-state index in [0.29, 0.717) is 36.1 Å². The van der Waals surface area contributed by atoms with Gasteiger partial charge < -0.3 is 15.3 Å². The zero-order chi connectivity index (χ0) is 16.8. The molecule has 1 heterocycles. The van der Waals surface area contributed by atoms with Crippen LogP contribution in [0.4, 0.5) is 4.79 Å². The lowest BCUT2D eigenvalue weighted by atomic mass is 10.00. The molecular weight excluding hydrogens is 339 g/mol. The first-order chi connectivity index (χ1) is 11.0. The van der Waals surface area contributed by atoms with Gasteiger partial charge in [-0.3, -0.25) is 4.79 Å². The zero-order valence-electron chi connectivity index (χ0n) is 12.5. The zero-order valence-corrected chi connectivity index (χ0v) is 14.0. The molecule has 124 valence electrons. The smallest absolute Gasteiger partial charge is 0.317 e. The van der Waals surface area contributed by atoms with E-state index < -0.39 is 5.97 Å². The van der Waals surface area contributed by atoms with Crippen LogP contribution < -0.4 is 5.32 Å². The number of hydrogen-bond donors (Lipinski definition) is 2. The van der Waals surface area contributed by atoms with Gasteiger partial charge in [-0.25, -0.2) is 4.79 Å². The molecule has 0 saturated heterocycles. The lowest BCUT2D eigenvalue weighted by molar-refractivity contribution is -0.137. The number of carbonyl (C=O) groups is 2. The molecule has 1 aromatic carbocycles. The summed E-state index contributed by atoms with van der Waals surface area (Å²) in [6.07, 6.45) is 3.22. The molecule has 1 aliphatic heterocycles. The average molecular weight is 357 g/mol. The van der Waals surface area contributed by atoms with Crippen molar-refractivity contribution in [3.8, 4) is 0 Å². The van der Waals surface area contributed by atoms with Crippen molar-refractivity contribution in [2.24, 2.45) is 0 Å². The summed E-state index contributed by atoms with van der Waals surface area (Å²) in [6.45, 7) is 1.49. The van der Waals surface area contributed by atoms with Crippen LogP contribution in [0.25, 0.3) is 5.57 Å². The predicted octanol–water partition coefficient (Wildman–Crippen LogP) is 3.66. The van der Waals surface area contributed by atoms with Crippen molar-refractivity contribution in [3.05, 3.63) is 39.9 Å². The van der Waals surface area contributed by atoms with E-state index in [-0.39, 0.29) is 12.5 Å². The molecule has 0 radical (unpaired) electrons. The largest absolute Gasteiger partial charge is 0.481 e. The van der Waals surface area contributed by atoms with Crippen molar-refractivity contribution < 1.29 is 14.7 Å². The number of carbonyl (C=O) groups excluding carboxylic acids is 1. The van der Waals surface area contributed by atoms with Gasteiger partial charge in [-0.1, -0.05) is 35.3 Å². The summed E-state index contributed by atoms with van der Waals surface area (Å²) in [4.78, 5) is 24.1. The van der Waals surface area contributed by atoms with Gasteiger partial charge in [-0.2, -0.15) is 0 Å². The Bertz CT molecular complexity index is 632. The lowest BCUT2D eigenvalue weighted by Gasteiger charge is -2.27. The van der Waals surface area contributed by atoms with Crippen LogP contribution in [0.5, 0.6) is 0 Å². The second-order valence-electron chi connectivity index (χ2n) is 5.28. The number of amides is 2. The number of aliphatic carboxylic acids is 1. The second-order valence-corrected chi connectivity index (χ2v) is 6.10. The van der Waals surface area contributed by atoms with E-state index in [9.17, 15) is 9.59 Å². The Morgan fingerprint density at radius 3 is 2.65 bits per heavy atom. The minimum absolute atomic E-state index is 0.0572. The molecule has 2 rings (SSSR count). The van der Waals surface area contributed by atoms with Crippen LogP contribution in [-0.2, 0) is 4.79 Å². The normalized spacial score (nSPS) is 14.3. The third kappa shape index (κ3) is 5.15. The highest BCUT2D eigenvalue weighted by atomic mass is 35.5. The molecule has 5 nitrogen and oxygen atoms in total. The molecule has 0 unspecified atom stereocenters. The fourth-order valence-corrected chi connectivity index (χ4v) is 2.66. The van der Waals surface area contributed by atoms with Crippen molar-refractivity contribution in [2.75, 3.05) is 19.6 Å². The number of halogens is 2. The summed E-state index contributed by atoms with van der Waals surface area (Å²) in [5.74, 6) is -0.855. The Hall–Kier alpha value is -1.72. The predicted molar refractivity (Wildman–Crippen MR) is 90.9 cm³/mol. The number of urea groups is 1. The summed E-state index contributed by atoms with van der Waals surface area (Å²) in [5.41, 5.74) is 2.15. The fraction of sp³-hybridized carbons (Fsp3) is 0.375. The number of hydrogen-bond acceptors (Lipinski definition) is 2. The van der Waals surface area contributed by atoms with E-state index in [2.05, 4.69) is 5.32 Å². The first-order valence-corrected chi connectivity index (χ1v) is 8.12.